The van der Waals surface area contributed by atoms with E-state index in [0.717, 1.165) is 5.56 Å². The summed E-state index contributed by atoms with van der Waals surface area (Å²) >= 11 is 5.87. The second kappa shape index (κ2) is 5.50. The summed E-state index contributed by atoms with van der Waals surface area (Å²) < 4.78 is 13.5. The molecular formula is C16H11ClFN3. The molecule has 0 saturated heterocycles. The Bertz CT molecular complexity index is 771. The van der Waals surface area contributed by atoms with E-state index in [1.807, 2.05) is 30.3 Å². The lowest BCUT2D eigenvalue weighted by molar-refractivity contribution is 0.628. The van der Waals surface area contributed by atoms with Crippen molar-refractivity contribution in [2.75, 3.05) is 5.73 Å². The van der Waals surface area contributed by atoms with Gasteiger partial charge in [0.25, 0.3) is 0 Å². The quantitative estimate of drug-likeness (QED) is 0.772. The first-order chi connectivity index (χ1) is 10.1. The van der Waals surface area contributed by atoms with Gasteiger partial charge in [-0.05, 0) is 18.2 Å². The van der Waals surface area contributed by atoms with E-state index in [1.165, 1.54) is 12.1 Å². The normalized spacial score (nSPS) is 10.6. The van der Waals surface area contributed by atoms with Crippen LogP contribution in [-0.2, 0) is 0 Å². The summed E-state index contributed by atoms with van der Waals surface area (Å²) in [6.07, 6.45) is 0. The predicted molar refractivity (Wildman–Crippen MR) is 82.3 cm³/mol. The number of anilines is 1. The van der Waals surface area contributed by atoms with Gasteiger partial charge in [0.15, 0.2) is 5.82 Å². The van der Waals surface area contributed by atoms with Gasteiger partial charge in [-0.1, -0.05) is 41.9 Å². The number of aromatic nitrogens is 2. The van der Waals surface area contributed by atoms with Crippen LogP contribution in [0, 0.1) is 5.82 Å². The van der Waals surface area contributed by atoms with Crippen molar-refractivity contribution in [1.29, 1.82) is 0 Å². The number of benzene rings is 2. The van der Waals surface area contributed by atoms with E-state index in [9.17, 15) is 4.39 Å². The molecule has 2 N–H and O–H groups in total. The SMILES string of the molecule is Nc1cc(-c2ccccc2)nc(-c2cc(F)cc(Cl)c2)n1. The third-order valence-corrected chi connectivity index (χ3v) is 3.15. The number of hydrogen-bond acceptors (Lipinski definition) is 3. The zero-order valence-corrected chi connectivity index (χ0v) is 11.7. The molecule has 0 fully saturated rings. The lowest BCUT2D eigenvalue weighted by atomic mass is 10.1. The van der Waals surface area contributed by atoms with Crippen LogP contribution in [-0.4, -0.2) is 9.97 Å². The Morgan fingerprint density at radius 2 is 1.67 bits per heavy atom. The fourth-order valence-electron chi connectivity index (χ4n) is 2.03. The van der Waals surface area contributed by atoms with Gasteiger partial charge in [-0.15, -0.1) is 0 Å². The van der Waals surface area contributed by atoms with Gasteiger partial charge < -0.3 is 5.73 Å². The first-order valence-electron chi connectivity index (χ1n) is 6.28. The number of nitrogens with two attached hydrogens (primary N) is 1. The minimum Gasteiger partial charge on any atom is -0.384 e. The second-order valence-electron chi connectivity index (χ2n) is 4.53. The number of hydrogen-bond donors (Lipinski definition) is 1. The molecule has 2 aromatic carbocycles. The number of halogens is 2. The van der Waals surface area contributed by atoms with Gasteiger partial charge in [-0.2, -0.15) is 0 Å². The van der Waals surface area contributed by atoms with Crippen molar-refractivity contribution in [3.63, 3.8) is 0 Å². The smallest absolute Gasteiger partial charge is 0.162 e. The van der Waals surface area contributed by atoms with Gasteiger partial charge in [0.1, 0.15) is 11.6 Å². The highest BCUT2D eigenvalue weighted by atomic mass is 35.5. The summed E-state index contributed by atoms with van der Waals surface area (Å²) in [4.78, 5) is 8.59. The molecule has 0 aliphatic carbocycles. The molecule has 1 aromatic heterocycles. The average molecular weight is 300 g/mol. The Balaban J connectivity index is 2.14. The molecule has 0 radical (unpaired) electrons. The molecule has 0 atom stereocenters. The zero-order chi connectivity index (χ0) is 14.8. The van der Waals surface area contributed by atoms with Crippen LogP contribution >= 0.6 is 11.6 Å². The fraction of sp³-hybridized carbons (Fsp3) is 0. The van der Waals surface area contributed by atoms with E-state index in [1.54, 1.807) is 12.1 Å². The summed E-state index contributed by atoms with van der Waals surface area (Å²) in [5.74, 6) is 0.222. The molecule has 1 heterocycles. The molecular weight excluding hydrogens is 289 g/mol. The Kier molecular flexibility index (Phi) is 3.54. The highest BCUT2D eigenvalue weighted by molar-refractivity contribution is 6.30. The van der Waals surface area contributed by atoms with E-state index >= 15 is 0 Å². The third-order valence-electron chi connectivity index (χ3n) is 2.94. The molecule has 3 nitrogen and oxygen atoms in total. The molecule has 0 bridgehead atoms. The van der Waals surface area contributed by atoms with Crippen LogP contribution in [0.25, 0.3) is 22.6 Å². The van der Waals surface area contributed by atoms with E-state index < -0.39 is 5.82 Å². The maximum atomic E-state index is 13.5. The molecule has 0 saturated carbocycles. The summed E-state index contributed by atoms with van der Waals surface area (Å²) in [6.45, 7) is 0. The van der Waals surface area contributed by atoms with Crippen molar-refractivity contribution >= 4 is 17.4 Å². The molecule has 3 rings (SSSR count). The van der Waals surface area contributed by atoms with Gasteiger partial charge in [-0.25, -0.2) is 14.4 Å². The molecule has 104 valence electrons. The fourth-order valence-corrected chi connectivity index (χ4v) is 2.26. The molecule has 0 aliphatic heterocycles. The molecule has 0 aliphatic rings. The standard InChI is InChI=1S/C16H11ClFN3/c17-12-6-11(7-13(18)8-12)16-20-14(9-15(19)21-16)10-4-2-1-3-5-10/h1-9H,(H2,19,20,21). The van der Waals surface area contributed by atoms with E-state index in [-0.39, 0.29) is 5.02 Å². The molecule has 5 heteroatoms. The van der Waals surface area contributed by atoms with Crippen LogP contribution in [0.1, 0.15) is 0 Å². The first kappa shape index (κ1) is 13.5. The Morgan fingerprint density at radius 1 is 0.905 bits per heavy atom. The van der Waals surface area contributed by atoms with Crippen LogP contribution in [0.3, 0.4) is 0 Å². The highest BCUT2D eigenvalue weighted by Gasteiger charge is 2.09. The Hall–Kier alpha value is -2.46. The minimum absolute atomic E-state index is 0.289. The van der Waals surface area contributed by atoms with Crippen LogP contribution < -0.4 is 5.73 Å². The molecule has 0 amide bonds. The van der Waals surface area contributed by atoms with E-state index in [0.29, 0.717) is 22.9 Å². The van der Waals surface area contributed by atoms with Crippen LogP contribution in [0.4, 0.5) is 10.2 Å². The molecule has 0 spiro atoms. The van der Waals surface area contributed by atoms with Crippen molar-refractivity contribution in [2.45, 2.75) is 0 Å². The molecule has 0 unspecified atom stereocenters. The van der Waals surface area contributed by atoms with Gasteiger partial charge in [-0.3, -0.25) is 0 Å². The number of nitrogen functional groups attached to an aromatic ring is 1. The lowest BCUT2D eigenvalue weighted by Crippen LogP contribution is -1.98. The Morgan fingerprint density at radius 3 is 2.38 bits per heavy atom. The summed E-state index contributed by atoms with van der Waals surface area (Å²) in [5.41, 5.74) is 7.91. The minimum atomic E-state index is -0.440. The van der Waals surface area contributed by atoms with E-state index in [2.05, 4.69) is 9.97 Å². The van der Waals surface area contributed by atoms with Gasteiger partial charge in [0, 0.05) is 22.2 Å². The van der Waals surface area contributed by atoms with Crippen molar-refractivity contribution in [3.8, 4) is 22.6 Å². The van der Waals surface area contributed by atoms with Gasteiger partial charge in [0.2, 0.25) is 0 Å². The maximum absolute atomic E-state index is 13.5. The Labute approximate surface area is 126 Å². The van der Waals surface area contributed by atoms with Gasteiger partial charge in [0.05, 0.1) is 5.69 Å². The van der Waals surface area contributed by atoms with Crippen LogP contribution in [0.15, 0.2) is 54.6 Å². The second-order valence-corrected chi connectivity index (χ2v) is 4.96. The van der Waals surface area contributed by atoms with Crippen molar-refractivity contribution < 1.29 is 4.39 Å². The summed E-state index contributed by atoms with van der Waals surface area (Å²) in [5, 5.41) is 0.289. The van der Waals surface area contributed by atoms with Crippen molar-refractivity contribution in [2.24, 2.45) is 0 Å². The third kappa shape index (κ3) is 3.01. The van der Waals surface area contributed by atoms with Crippen LogP contribution in [0.2, 0.25) is 5.02 Å². The monoisotopic (exact) mass is 299 g/mol. The molecule has 3 aromatic rings. The first-order valence-corrected chi connectivity index (χ1v) is 6.66. The van der Waals surface area contributed by atoms with Crippen molar-refractivity contribution in [1.82, 2.24) is 9.97 Å². The molecule has 21 heavy (non-hydrogen) atoms. The summed E-state index contributed by atoms with van der Waals surface area (Å²) in [7, 11) is 0. The summed E-state index contributed by atoms with van der Waals surface area (Å²) in [6, 6.07) is 15.4. The average Bonchev–Trinajstić information content (AvgIpc) is 2.46. The zero-order valence-electron chi connectivity index (χ0n) is 10.9. The van der Waals surface area contributed by atoms with Gasteiger partial charge >= 0.3 is 0 Å². The number of nitrogens with zero attached hydrogens (tertiary/aromatic N) is 2. The largest absolute Gasteiger partial charge is 0.384 e. The highest BCUT2D eigenvalue weighted by Crippen LogP contribution is 2.25. The topological polar surface area (TPSA) is 51.8 Å². The van der Waals surface area contributed by atoms with Crippen molar-refractivity contribution in [3.05, 3.63) is 65.4 Å². The number of rotatable bonds is 2. The predicted octanol–water partition coefficient (Wildman–Crippen LogP) is 4.19. The maximum Gasteiger partial charge on any atom is 0.162 e. The van der Waals surface area contributed by atoms with E-state index in [4.69, 9.17) is 17.3 Å². The lowest BCUT2D eigenvalue weighted by Gasteiger charge is -2.07. The van der Waals surface area contributed by atoms with Crippen LogP contribution in [0.5, 0.6) is 0 Å².